The molecule has 2 saturated heterocycles. The topological polar surface area (TPSA) is 41.9 Å². The molecule has 1 saturated carbocycles. The average Bonchev–Trinajstić information content (AvgIpc) is 2.94. The zero-order valence-electron chi connectivity index (χ0n) is 11.1. The summed E-state index contributed by atoms with van der Waals surface area (Å²) >= 11 is 0. The van der Waals surface area contributed by atoms with Gasteiger partial charge in [-0.25, -0.2) is 0 Å². The van der Waals surface area contributed by atoms with Crippen LogP contribution in [0.2, 0.25) is 0 Å². The highest BCUT2D eigenvalue weighted by Crippen LogP contribution is 2.37. The van der Waals surface area contributed by atoms with Crippen molar-refractivity contribution in [1.82, 2.24) is 4.90 Å². The Hall–Kier alpha value is -0.160. The lowest BCUT2D eigenvalue weighted by atomic mass is 10.00. The largest absolute Gasteiger partial charge is 0.393 e. The van der Waals surface area contributed by atoms with Gasteiger partial charge in [0, 0.05) is 32.2 Å². The Morgan fingerprint density at radius 1 is 1.17 bits per heavy atom. The number of fused-ring (bicyclic) bond motifs is 1. The minimum absolute atomic E-state index is 0.0337. The van der Waals surface area contributed by atoms with E-state index in [0.29, 0.717) is 5.92 Å². The van der Waals surface area contributed by atoms with Crippen molar-refractivity contribution in [3.05, 3.63) is 0 Å². The summed E-state index contributed by atoms with van der Waals surface area (Å²) in [6.45, 7) is 4.81. The quantitative estimate of drug-likeness (QED) is 0.820. The van der Waals surface area contributed by atoms with E-state index >= 15 is 0 Å². The van der Waals surface area contributed by atoms with Crippen molar-refractivity contribution in [1.29, 1.82) is 0 Å². The van der Waals surface area contributed by atoms with Gasteiger partial charge in [0.15, 0.2) is 6.29 Å². The molecule has 104 valence electrons. The number of rotatable bonds is 4. The molecule has 4 unspecified atom stereocenters. The summed E-state index contributed by atoms with van der Waals surface area (Å²) < 4.78 is 11.3. The standard InChI is InChI=1S/C14H25NO3/c16-13-5-4-11-9-15(10-12(11)13)6-8-18-14-3-1-2-7-17-14/h11-14,16H,1-10H2. The Kier molecular flexibility index (Phi) is 4.19. The third-order valence-corrected chi connectivity index (χ3v) is 4.74. The summed E-state index contributed by atoms with van der Waals surface area (Å²) in [5, 5.41) is 9.87. The minimum Gasteiger partial charge on any atom is -0.393 e. The van der Waals surface area contributed by atoms with Gasteiger partial charge in [-0.15, -0.1) is 0 Å². The first-order chi connectivity index (χ1) is 8.83. The van der Waals surface area contributed by atoms with E-state index in [1.54, 1.807) is 0 Å². The summed E-state index contributed by atoms with van der Waals surface area (Å²) in [6, 6.07) is 0. The first kappa shape index (κ1) is 12.9. The van der Waals surface area contributed by atoms with Gasteiger partial charge >= 0.3 is 0 Å². The maximum Gasteiger partial charge on any atom is 0.157 e. The number of likely N-dealkylation sites (tertiary alicyclic amines) is 1. The fraction of sp³-hybridized carbons (Fsp3) is 1.00. The van der Waals surface area contributed by atoms with E-state index in [0.717, 1.165) is 51.6 Å². The van der Waals surface area contributed by atoms with Gasteiger partial charge in [-0.05, 0) is 38.0 Å². The highest BCUT2D eigenvalue weighted by Gasteiger charge is 2.41. The Morgan fingerprint density at radius 2 is 2.11 bits per heavy atom. The van der Waals surface area contributed by atoms with E-state index in [4.69, 9.17) is 9.47 Å². The summed E-state index contributed by atoms with van der Waals surface area (Å²) in [6.07, 6.45) is 5.64. The molecule has 0 spiro atoms. The molecule has 0 aromatic heterocycles. The SMILES string of the molecule is OC1CCC2CN(CCOC3CCCCO3)CC12. The molecule has 0 aromatic rings. The van der Waals surface area contributed by atoms with Crippen LogP contribution >= 0.6 is 0 Å². The Morgan fingerprint density at radius 3 is 2.89 bits per heavy atom. The molecule has 2 heterocycles. The predicted molar refractivity (Wildman–Crippen MR) is 68.2 cm³/mol. The lowest BCUT2D eigenvalue weighted by Crippen LogP contribution is -2.31. The number of nitrogens with zero attached hydrogens (tertiary/aromatic N) is 1. The molecule has 0 bridgehead atoms. The maximum absolute atomic E-state index is 9.87. The highest BCUT2D eigenvalue weighted by atomic mass is 16.7. The van der Waals surface area contributed by atoms with Gasteiger partial charge in [-0.3, -0.25) is 0 Å². The molecule has 1 N–H and O–H groups in total. The van der Waals surface area contributed by atoms with Gasteiger partial charge in [0.2, 0.25) is 0 Å². The molecule has 4 atom stereocenters. The molecule has 1 aliphatic carbocycles. The minimum atomic E-state index is -0.0532. The number of aliphatic hydroxyl groups excluding tert-OH is 1. The van der Waals surface area contributed by atoms with E-state index in [9.17, 15) is 5.11 Å². The van der Waals surface area contributed by atoms with Gasteiger partial charge in [-0.2, -0.15) is 0 Å². The second-order valence-electron chi connectivity index (χ2n) is 6.00. The molecule has 3 fully saturated rings. The maximum atomic E-state index is 9.87. The summed E-state index contributed by atoms with van der Waals surface area (Å²) in [4.78, 5) is 2.44. The van der Waals surface area contributed by atoms with Crippen molar-refractivity contribution in [3.8, 4) is 0 Å². The van der Waals surface area contributed by atoms with Crippen molar-refractivity contribution >= 4 is 0 Å². The van der Waals surface area contributed by atoms with E-state index < -0.39 is 0 Å². The molecular formula is C14H25NO3. The molecule has 2 aliphatic heterocycles. The molecule has 18 heavy (non-hydrogen) atoms. The fourth-order valence-corrected chi connectivity index (χ4v) is 3.67. The molecule has 0 aromatic carbocycles. The highest BCUT2D eigenvalue weighted by molar-refractivity contribution is 4.93. The summed E-state index contributed by atoms with van der Waals surface area (Å²) in [5.41, 5.74) is 0. The van der Waals surface area contributed by atoms with Crippen LogP contribution in [0.1, 0.15) is 32.1 Å². The first-order valence-electron chi connectivity index (χ1n) is 7.46. The van der Waals surface area contributed by atoms with Gasteiger partial charge in [0.1, 0.15) is 0 Å². The van der Waals surface area contributed by atoms with Crippen LogP contribution in [0.5, 0.6) is 0 Å². The van der Waals surface area contributed by atoms with Crippen LogP contribution in [-0.4, -0.2) is 55.2 Å². The third-order valence-electron chi connectivity index (χ3n) is 4.74. The second kappa shape index (κ2) is 5.87. The third kappa shape index (κ3) is 2.87. The number of hydrogen-bond donors (Lipinski definition) is 1. The Bertz CT molecular complexity index is 268. The number of ether oxygens (including phenoxy) is 2. The van der Waals surface area contributed by atoms with Crippen molar-refractivity contribution in [3.63, 3.8) is 0 Å². The predicted octanol–water partition coefficient (Wildman–Crippen LogP) is 1.23. The van der Waals surface area contributed by atoms with Crippen LogP contribution in [0.4, 0.5) is 0 Å². The molecule has 4 heteroatoms. The van der Waals surface area contributed by atoms with Crippen LogP contribution in [0.3, 0.4) is 0 Å². The van der Waals surface area contributed by atoms with Gasteiger partial charge in [0.05, 0.1) is 12.7 Å². The smallest absolute Gasteiger partial charge is 0.157 e. The van der Waals surface area contributed by atoms with Crippen molar-refractivity contribution < 1.29 is 14.6 Å². The van der Waals surface area contributed by atoms with E-state index in [1.165, 1.54) is 19.3 Å². The van der Waals surface area contributed by atoms with Crippen molar-refractivity contribution in [2.75, 3.05) is 32.8 Å². The van der Waals surface area contributed by atoms with Gasteiger partial charge in [0.25, 0.3) is 0 Å². The van der Waals surface area contributed by atoms with Gasteiger partial charge in [-0.1, -0.05) is 0 Å². The molecule has 0 radical (unpaired) electrons. The van der Waals surface area contributed by atoms with E-state index in [1.807, 2.05) is 0 Å². The molecule has 3 rings (SSSR count). The molecule has 3 aliphatic rings. The number of hydrogen-bond acceptors (Lipinski definition) is 4. The van der Waals surface area contributed by atoms with E-state index in [2.05, 4.69) is 4.90 Å². The second-order valence-corrected chi connectivity index (χ2v) is 6.00. The van der Waals surface area contributed by atoms with Crippen LogP contribution < -0.4 is 0 Å². The molecule has 0 amide bonds. The zero-order chi connectivity index (χ0) is 12.4. The lowest BCUT2D eigenvalue weighted by molar-refractivity contribution is -0.164. The average molecular weight is 255 g/mol. The van der Waals surface area contributed by atoms with Crippen molar-refractivity contribution in [2.24, 2.45) is 11.8 Å². The zero-order valence-corrected chi connectivity index (χ0v) is 11.1. The summed E-state index contributed by atoms with van der Waals surface area (Å²) in [5.74, 6) is 1.25. The normalized spacial score (nSPS) is 41.2. The fourth-order valence-electron chi connectivity index (χ4n) is 3.67. The van der Waals surface area contributed by atoms with E-state index in [-0.39, 0.29) is 12.4 Å². The first-order valence-corrected chi connectivity index (χ1v) is 7.46. The number of aliphatic hydroxyl groups is 1. The van der Waals surface area contributed by atoms with Crippen LogP contribution in [0.15, 0.2) is 0 Å². The van der Waals surface area contributed by atoms with Crippen LogP contribution in [0.25, 0.3) is 0 Å². The van der Waals surface area contributed by atoms with Crippen molar-refractivity contribution in [2.45, 2.75) is 44.5 Å². The monoisotopic (exact) mass is 255 g/mol. The van der Waals surface area contributed by atoms with Crippen LogP contribution in [0, 0.1) is 11.8 Å². The van der Waals surface area contributed by atoms with Crippen LogP contribution in [-0.2, 0) is 9.47 Å². The van der Waals surface area contributed by atoms with Gasteiger partial charge < -0.3 is 19.5 Å². The summed E-state index contributed by atoms with van der Waals surface area (Å²) in [7, 11) is 0. The molecule has 4 nitrogen and oxygen atoms in total. The lowest BCUT2D eigenvalue weighted by Gasteiger charge is -2.24. The Labute approximate surface area is 109 Å². The Balaban J connectivity index is 1.34. The molecular weight excluding hydrogens is 230 g/mol.